The van der Waals surface area contributed by atoms with Crippen LogP contribution in [0.3, 0.4) is 0 Å². The van der Waals surface area contributed by atoms with E-state index in [-0.39, 0.29) is 0 Å². The van der Waals surface area contributed by atoms with Crippen LogP contribution in [0.5, 0.6) is 0 Å². The van der Waals surface area contributed by atoms with Crippen molar-refractivity contribution in [2.75, 3.05) is 13.1 Å². The molecule has 1 saturated carbocycles. The summed E-state index contributed by atoms with van der Waals surface area (Å²) in [4.78, 5) is 4.37. The lowest BCUT2D eigenvalue weighted by Crippen LogP contribution is -2.42. The number of nitrogens with zero attached hydrogens (tertiary/aromatic N) is 1. The zero-order valence-corrected chi connectivity index (χ0v) is 7.64. The lowest BCUT2D eigenvalue weighted by Gasteiger charge is -2.15. The Labute approximate surface area is 73.6 Å². The second kappa shape index (κ2) is 3.33. The van der Waals surface area contributed by atoms with Gasteiger partial charge in [0.25, 0.3) is 0 Å². The summed E-state index contributed by atoms with van der Waals surface area (Å²) in [5.41, 5.74) is 0. The SMILES string of the molecule is CCC1CC1NC1=NCCCN1. The molecule has 1 fully saturated rings. The van der Waals surface area contributed by atoms with Gasteiger partial charge < -0.3 is 10.6 Å². The summed E-state index contributed by atoms with van der Waals surface area (Å²) < 4.78 is 0. The summed E-state index contributed by atoms with van der Waals surface area (Å²) in [6.45, 7) is 4.32. The standard InChI is InChI=1S/C9H17N3/c1-2-7-6-8(7)12-9-10-4-3-5-11-9/h7-8H,2-6H2,1H3,(H2,10,11,12). The van der Waals surface area contributed by atoms with Gasteiger partial charge in [-0.05, 0) is 18.8 Å². The Balaban J connectivity index is 1.76. The molecule has 0 aromatic carbocycles. The van der Waals surface area contributed by atoms with E-state index in [1.54, 1.807) is 0 Å². The van der Waals surface area contributed by atoms with Crippen molar-refractivity contribution >= 4 is 5.96 Å². The van der Waals surface area contributed by atoms with Crippen LogP contribution in [-0.4, -0.2) is 25.1 Å². The first-order valence-corrected chi connectivity index (χ1v) is 4.95. The highest BCUT2D eigenvalue weighted by molar-refractivity contribution is 5.80. The van der Waals surface area contributed by atoms with Gasteiger partial charge >= 0.3 is 0 Å². The zero-order valence-electron chi connectivity index (χ0n) is 7.64. The second-order valence-corrected chi connectivity index (χ2v) is 3.67. The van der Waals surface area contributed by atoms with Gasteiger partial charge in [-0.1, -0.05) is 13.3 Å². The van der Waals surface area contributed by atoms with Gasteiger partial charge in [0, 0.05) is 19.1 Å². The molecule has 0 spiro atoms. The highest BCUT2D eigenvalue weighted by Gasteiger charge is 2.35. The second-order valence-electron chi connectivity index (χ2n) is 3.67. The molecule has 3 heteroatoms. The minimum Gasteiger partial charge on any atom is -0.356 e. The van der Waals surface area contributed by atoms with Crippen LogP contribution in [0.1, 0.15) is 26.2 Å². The monoisotopic (exact) mass is 167 g/mol. The predicted octanol–water partition coefficient (Wildman–Crippen LogP) is 0.724. The molecule has 68 valence electrons. The number of nitrogens with one attached hydrogen (secondary N) is 2. The number of hydrogen-bond donors (Lipinski definition) is 2. The number of hydrogen-bond acceptors (Lipinski definition) is 3. The molecule has 2 N–H and O–H groups in total. The summed E-state index contributed by atoms with van der Waals surface area (Å²) >= 11 is 0. The van der Waals surface area contributed by atoms with Crippen molar-refractivity contribution in [3.63, 3.8) is 0 Å². The van der Waals surface area contributed by atoms with Crippen LogP contribution in [0.4, 0.5) is 0 Å². The summed E-state index contributed by atoms with van der Waals surface area (Å²) in [7, 11) is 0. The smallest absolute Gasteiger partial charge is 0.191 e. The summed E-state index contributed by atoms with van der Waals surface area (Å²) in [6.07, 6.45) is 3.80. The van der Waals surface area contributed by atoms with Crippen molar-refractivity contribution < 1.29 is 0 Å². The fourth-order valence-electron chi connectivity index (χ4n) is 1.68. The zero-order chi connectivity index (χ0) is 8.39. The van der Waals surface area contributed by atoms with Gasteiger partial charge in [-0.25, -0.2) is 0 Å². The first-order chi connectivity index (χ1) is 5.90. The third kappa shape index (κ3) is 1.71. The van der Waals surface area contributed by atoms with Crippen molar-refractivity contribution in [2.24, 2.45) is 10.9 Å². The van der Waals surface area contributed by atoms with E-state index in [0.29, 0.717) is 6.04 Å². The Morgan fingerprint density at radius 1 is 1.67 bits per heavy atom. The van der Waals surface area contributed by atoms with Crippen molar-refractivity contribution in [3.05, 3.63) is 0 Å². The Kier molecular flexibility index (Phi) is 2.19. The highest BCUT2D eigenvalue weighted by Crippen LogP contribution is 2.32. The van der Waals surface area contributed by atoms with Crippen LogP contribution in [-0.2, 0) is 0 Å². The molecule has 0 bridgehead atoms. The average molecular weight is 167 g/mol. The van der Waals surface area contributed by atoms with Crippen molar-refractivity contribution in [2.45, 2.75) is 32.2 Å². The highest BCUT2D eigenvalue weighted by atomic mass is 15.2. The predicted molar refractivity (Wildman–Crippen MR) is 50.2 cm³/mol. The molecule has 0 radical (unpaired) electrons. The third-order valence-corrected chi connectivity index (χ3v) is 2.67. The van der Waals surface area contributed by atoms with E-state index in [1.807, 2.05) is 0 Å². The minimum atomic E-state index is 0.708. The van der Waals surface area contributed by atoms with Crippen LogP contribution in [0, 0.1) is 5.92 Å². The van der Waals surface area contributed by atoms with Gasteiger partial charge in [-0.2, -0.15) is 0 Å². The van der Waals surface area contributed by atoms with E-state index < -0.39 is 0 Å². The maximum atomic E-state index is 4.37. The largest absolute Gasteiger partial charge is 0.356 e. The molecule has 1 heterocycles. The number of guanidine groups is 1. The van der Waals surface area contributed by atoms with E-state index in [9.17, 15) is 0 Å². The van der Waals surface area contributed by atoms with E-state index >= 15 is 0 Å². The maximum Gasteiger partial charge on any atom is 0.191 e. The third-order valence-electron chi connectivity index (χ3n) is 2.67. The first-order valence-electron chi connectivity index (χ1n) is 4.95. The van der Waals surface area contributed by atoms with Crippen LogP contribution < -0.4 is 10.6 Å². The lowest BCUT2D eigenvalue weighted by atomic mass is 10.3. The molecule has 2 atom stereocenters. The van der Waals surface area contributed by atoms with Gasteiger partial charge in [0.15, 0.2) is 5.96 Å². The van der Waals surface area contributed by atoms with Crippen molar-refractivity contribution in [1.82, 2.24) is 10.6 Å². The molecule has 0 saturated heterocycles. The summed E-state index contributed by atoms with van der Waals surface area (Å²) in [6, 6.07) is 0.708. The van der Waals surface area contributed by atoms with Crippen LogP contribution in [0.25, 0.3) is 0 Å². The molecule has 0 aromatic heterocycles. The van der Waals surface area contributed by atoms with Crippen LogP contribution in [0.15, 0.2) is 4.99 Å². The fraction of sp³-hybridized carbons (Fsp3) is 0.889. The van der Waals surface area contributed by atoms with Gasteiger partial charge in [0.05, 0.1) is 0 Å². The Morgan fingerprint density at radius 3 is 3.17 bits per heavy atom. The lowest BCUT2D eigenvalue weighted by molar-refractivity contribution is 0.670. The quantitative estimate of drug-likeness (QED) is 0.636. The topological polar surface area (TPSA) is 36.4 Å². The molecule has 0 aromatic rings. The Hall–Kier alpha value is -0.730. The molecule has 1 aliphatic heterocycles. The Morgan fingerprint density at radius 2 is 2.58 bits per heavy atom. The van der Waals surface area contributed by atoms with E-state index in [1.165, 1.54) is 19.3 Å². The first kappa shape index (κ1) is 7.90. The molecular weight excluding hydrogens is 150 g/mol. The van der Waals surface area contributed by atoms with Gasteiger partial charge in [-0.3, -0.25) is 4.99 Å². The normalized spacial score (nSPS) is 33.6. The molecule has 2 unspecified atom stereocenters. The van der Waals surface area contributed by atoms with Crippen LogP contribution >= 0.6 is 0 Å². The van der Waals surface area contributed by atoms with Crippen molar-refractivity contribution in [3.8, 4) is 0 Å². The molecule has 12 heavy (non-hydrogen) atoms. The fourth-order valence-corrected chi connectivity index (χ4v) is 1.68. The number of aliphatic imine (C=N–C) groups is 1. The van der Waals surface area contributed by atoms with E-state index in [2.05, 4.69) is 22.5 Å². The molecular formula is C9H17N3. The van der Waals surface area contributed by atoms with Crippen LogP contribution in [0.2, 0.25) is 0 Å². The van der Waals surface area contributed by atoms with Gasteiger partial charge in [0.1, 0.15) is 0 Å². The average Bonchev–Trinajstić information content (AvgIpc) is 2.85. The molecule has 2 aliphatic rings. The van der Waals surface area contributed by atoms with Gasteiger partial charge in [-0.15, -0.1) is 0 Å². The summed E-state index contributed by atoms with van der Waals surface area (Å²) in [5.74, 6) is 1.93. The maximum absolute atomic E-state index is 4.37. The Bertz CT molecular complexity index is 188. The number of rotatable bonds is 2. The van der Waals surface area contributed by atoms with E-state index in [4.69, 9.17) is 0 Å². The van der Waals surface area contributed by atoms with Gasteiger partial charge in [0.2, 0.25) is 0 Å². The van der Waals surface area contributed by atoms with E-state index in [0.717, 1.165) is 25.0 Å². The van der Waals surface area contributed by atoms with Crippen molar-refractivity contribution in [1.29, 1.82) is 0 Å². The minimum absolute atomic E-state index is 0.708. The molecule has 2 rings (SSSR count). The molecule has 0 amide bonds. The molecule has 1 aliphatic carbocycles. The molecule has 3 nitrogen and oxygen atoms in total. The summed E-state index contributed by atoms with van der Waals surface area (Å²) in [5, 5.41) is 6.71.